The third-order valence-electron chi connectivity index (χ3n) is 3.97. The summed E-state index contributed by atoms with van der Waals surface area (Å²) in [6.07, 6.45) is -0.680. The van der Waals surface area contributed by atoms with Crippen molar-refractivity contribution in [3.05, 3.63) is 34.9 Å². The summed E-state index contributed by atoms with van der Waals surface area (Å²) in [6, 6.07) is 4.90. The van der Waals surface area contributed by atoms with E-state index in [4.69, 9.17) is 9.47 Å². The molecule has 1 saturated heterocycles. The number of carbonyl (C=O) groups excluding carboxylic acids is 2. The van der Waals surface area contributed by atoms with E-state index in [0.29, 0.717) is 12.0 Å². The van der Waals surface area contributed by atoms with Crippen molar-refractivity contribution in [2.45, 2.75) is 51.9 Å². The second-order valence-corrected chi connectivity index (χ2v) is 7.10. The summed E-state index contributed by atoms with van der Waals surface area (Å²) < 4.78 is 10.2. The molecule has 0 spiro atoms. The van der Waals surface area contributed by atoms with Crippen molar-refractivity contribution < 1.29 is 24.2 Å². The normalized spacial score (nSPS) is 20.8. The maximum Gasteiger partial charge on any atom is 0.410 e. The molecule has 1 amide bonds. The van der Waals surface area contributed by atoms with Crippen LogP contribution in [-0.4, -0.2) is 47.4 Å². The highest BCUT2D eigenvalue weighted by atomic mass is 16.6. The van der Waals surface area contributed by atoms with Gasteiger partial charge < -0.3 is 14.6 Å². The van der Waals surface area contributed by atoms with E-state index in [0.717, 1.165) is 11.1 Å². The number of esters is 1. The van der Waals surface area contributed by atoms with Gasteiger partial charge in [0.1, 0.15) is 5.60 Å². The fraction of sp³-hybridized carbons (Fsp3) is 0.556. The molecule has 2 rings (SSSR count). The highest BCUT2D eigenvalue weighted by Gasteiger charge is 2.38. The number of benzene rings is 1. The maximum absolute atomic E-state index is 12.5. The van der Waals surface area contributed by atoms with Crippen molar-refractivity contribution in [1.82, 2.24) is 4.90 Å². The van der Waals surface area contributed by atoms with E-state index in [1.165, 1.54) is 12.0 Å². The van der Waals surface area contributed by atoms with E-state index in [1.54, 1.807) is 32.9 Å². The summed E-state index contributed by atoms with van der Waals surface area (Å²) in [5, 5.41) is 10.1. The van der Waals surface area contributed by atoms with E-state index in [9.17, 15) is 14.7 Å². The Hall–Kier alpha value is -2.08. The van der Waals surface area contributed by atoms with Gasteiger partial charge in [0.05, 0.1) is 31.4 Å². The molecule has 132 valence electrons. The molecular weight excluding hydrogens is 310 g/mol. The fourth-order valence-electron chi connectivity index (χ4n) is 2.88. The van der Waals surface area contributed by atoms with Crippen LogP contribution in [0, 0.1) is 6.92 Å². The van der Waals surface area contributed by atoms with Crippen LogP contribution < -0.4 is 0 Å². The molecule has 0 aromatic heterocycles. The number of methoxy groups -OCH3 is 1. The molecule has 1 aliphatic heterocycles. The standard InChI is InChI=1S/C18H25NO5/c1-11-6-7-12(16(21)23-5)8-14(11)15-9-13(20)10-19(15)17(22)24-18(2,3)4/h6-8,13,15,20H,9-10H2,1-5H3. The van der Waals surface area contributed by atoms with Crippen molar-refractivity contribution in [3.63, 3.8) is 0 Å². The first-order valence-electron chi connectivity index (χ1n) is 7.99. The van der Waals surface area contributed by atoms with Crippen LogP contribution in [0.3, 0.4) is 0 Å². The largest absolute Gasteiger partial charge is 0.465 e. The van der Waals surface area contributed by atoms with Gasteiger partial charge in [-0.3, -0.25) is 4.90 Å². The quantitative estimate of drug-likeness (QED) is 0.841. The summed E-state index contributed by atoms with van der Waals surface area (Å²) in [7, 11) is 1.33. The Morgan fingerprint density at radius 3 is 2.54 bits per heavy atom. The number of aryl methyl sites for hydroxylation is 1. The van der Waals surface area contributed by atoms with Crippen LogP contribution >= 0.6 is 0 Å². The first kappa shape index (κ1) is 18.3. The zero-order valence-electron chi connectivity index (χ0n) is 14.8. The van der Waals surface area contributed by atoms with E-state index in [1.807, 2.05) is 13.0 Å². The molecule has 0 radical (unpaired) electrons. The van der Waals surface area contributed by atoms with Crippen molar-refractivity contribution in [2.75, 3.05) is 13.7 Å². The molecular formula is C18H25NO5. The lowest BCUT2D eigenvalue weighted by Crippen LogP contribution is -2.37. The summed E-state index contributed by atoms with van der Waals surface area (Å²) in [6.45, 7) is 7.52. The zero-order chi connectivity index (χ0) is 18.1. The lowest BCUT2D eigenvalue weighted by atomic mass is 9.96. The summed E-state index contributed by atoms with van der Waals surface area (Å²) in [5.74, 6) is -0.432. The second-order valence-electron chi connectivity index (χ2n) is 7.10. The molecule has 0 saturated carbocycles. The Kier molecular flexibility index (Phi) is 5.18. The lowest BCUT2D eigenvalue weighted by Gasteiger charge is -2.29. The van der Waals surface area contributed by atoms with Crippen molar-refractivity contribution in [1.29, 1.82) is 0 Å². The molecule has 2 atom stereocenters. The molecule has 1 aliphatic rings. The van der Waals surface area contributed by atoms with Crippen LogP contribution in [0.4, 0.5) is 4.79 Å². The van der Waals surface area contributed by atoms with Gasteiger partial charge in [-0.25, -0.2) is 9.59 Å². The van der Waals surface area contributed by atoms with Crippen LogP contribution in [0.1, 0.15) is 54.7 Å². The van der Waals surface area contributed by atoms with Crippen molar-refractivity contribution in [2.24, 2.45) is 0 Å². The van der Waals surface area contributed by atoms with Crippen LogP contribution in [0.15, 0.2) is 18.2 Å². The predicted octanol–water partition coefficient (Wildman–Crippen LogP) is 2.82. The monoisotopic (exact) mass is 335 g/mol. The van der Waals surface area contributed by atoms with Crippen molar-refractivity contribution in [3.8, 4) is 0 Å². The minimum atomic E-state index is -0.622. The van der Waals surface area contributed by atoms with Gasteiger partial charge in [-0.1, -0.05) is 6.07 Å². The van der Waals surface area contributed by atoms with Crippen LogP contribution in [-0.2, 0) is 9.47 Å². The smallest absolute Gasteiger partial charge is 0.410 e. The van der Waals surface area contributed by atoms with E-state index < -0.39 is 23.8 Å². The lowest BCUT2D eigenvalue weighted by molar-refractivity contribution is 0.0206. The van der Waals surface area contributed by atoms with Gasteiger partial charge in [-0.15, -0.1) is 0 Å². The molecule has 1 N–H and O–H groups in total. The van der Waals surface area contributed by atoms with E-state index >= 15 is 0 Å². The molecule has 0 aliphatic carbocycles. The Morgan fingerprint density at radius 2 is 1.96 bits per heavy atom. The third kappa shape index (κ3) is 4.06. The third-order valence-corrected chi connectivity index (χ3v) is 3.97. The number of nitrogens with zero attached hydrogens (tertiary/aromatic N) is 1. The van der Waals surface area contributed by atoms with Gasteiger partial charge in [0.25, 0.3) is 0 Å². The topological polar surface area (TPSA) is 76.1 Å². The minimum absolute atomic E-state index is 0.210. The first-order valence-corrected chi connectivity index (χ1v) is 7.99. The number of β-amino-alcohol motifs (C(OH)–C–C–N with tert-alkyl or cyclic N) is 1. The Balaban J connectivity index is 2.34. The number of rotatable bonds is 2. The van der Waals surface area contributed by atoms with Gasteiger partial charge in [-0.05, 0) is 57.4 Å². The number of ether oxygens (including phenoxy) is 2. The average Bonchev–Trinajstić information content (AvgIpc) is 2.87. The second kappa shape index (κ2) is 6.81. The highest BCUT2D eigenvalue weighted by Crippen LogP contribution is 2.35. The van der Waals surface area contributed by atoms with Gasteiger partial charge in [0.2, 0.25) is 0 Å². The van der Waals surface area contributed by atoms with E-state index in [-0.39, 0.29) is 12.6 Å². The Labute approximate surface area is 142 Å². The summed E-state index contributed by atoms with van der Waals surface area (Å²) in [5.41, 5.74) is 1.57. The number of amides is 1. The molecule has 0 bridgehead atoms. The number of aliphatic hydroxyl groups excluding tert-OH is 1. The zero-order valence-corrected chi connectivity index (χ0v) is 14.8. The average molecular weight is 335 g/mol. The molecule has 1 heterocycles. The number of aliphatic hydroxyl groups is 1. The molecule has 6 heteroatoms. The van der Waals surface area contributed by atoms with E-state index in [2.05, 4.69) is 0 Å². The maximum atomic E-state index is 12.5. The predicted molar refractivity (Wildman–Crippen MR) is 88.8 cm³/mol. The van der Waals surface area contributed by atoms with Crippen LogP contribution in [0.5, 0.6) is 0 Å². The van der Waals surface area contributed by atoms with Crippen LogP contribution in [0.2, 0.25) is 0 Å². The highest BCUT2D eigenvalue weighted by molar-refractivity contribution is 5.89. The van der Waals surface area contributed by atoms with Gasteiger partial charge in [0.15, 0.2) is 0 Å². The number of carbonyl (C=O) groups is 2. The first-order chi connectivity index (χ1) is 11.1. The summed E-state index contributed by atoms with van der Waals surface area (Å²) >= 11 is 0. The molecule has 1 aromatic rings. The summed E-state index contributed by atoms with van der Waals surface area (Å²) in [4.78, 5) is 25.8. The number of likely N-dealkylation sites (tertiary alicyclic amines) is 1. The molecule has 2 unspecified atom stereocenters. The SMILES string of the molecule is COC(=O)c1ccc(C)c(C2CC(O)CN2C(=O)OC(C)(C)C)c1. The van der Waals surface area contributed by atoms with Gasteiger partial charge >= 0.3 is 12.1 Å². The Morgan fingerprint density at radius 1 is 1.29 bits per heavy atom. The fourth-order valence-corrected chi connectivity index (χ4v) is 2.88. The van der Waals surface area contributed by atoms with Crippen LogP contribution in [0.25, 0.3) is 0 Å². The molecule has 6 nitrogen and oxygen atoms in total. The van der Waals surface area contributed by atoms with Gasteiger partial charge in [-0.2, -0.15) is 0 Å². The minimum Gasteiger partial charge on any atom is -0.465 e. The number of hydrogen-bond donors (Lipinski definition) is 1. The number of hydrogen-bond acceptors (Lipinski definition) is 5. The van der Waals surface area contributed by atoms with Gasteiger partial charge in [0, 0.05) is 0 Å². The molecule has 1 fully saturated rings. The molecule has 24 heavy (non-hydrogen) atoms. The molecule has 1 aromatic carbocycles. The van der Waals surface area contributed by atoms with Crippen molar-refractivity contribution >= 4 is 12.1 Å². The Bertz CT molecular complexity index is 635.